The minimum Gasteiger partial charge on any atom is -0.395 e. The van der Waals surface area contributed by atoms with Crippen molar-refractivity contribution in [2.24, 2.45) is 5.73 Å². The maximum absolute atomic E-state index is 9.01. The quantitative estimate of drug-likeness (QED) is 0.451. The SMILES string of the molecule is Cl.NCc1ccc(-c2nc3nc(NCCO)ccc3nc2-c2ccccc2)cc1. The first-order valence-electron chi connectivity index (χ1n) is 9.17. The number of benzene rings is 2. The van der Waals surface area contributed by atoms with E-state index in [0.29, 0.717) is 24.6 Å². The van der Waals surface area contributed by atoms with Crippen molar-refractivity contribution in [3.63, 3.8) is 0 Å². The van der Waals surface area contributed by atoms with Crippen molar-refractivity contribution < 1.29 is 5.11 Å². The van der Waals surface area contributed by atoms with Crippen LogP contribution in [0.4, 0.5) is 5.82 Å². The number of hydrogen-bond donors (Lipinski definition) is 3. The lowest BCUT2D eigenvalue weighted by Gasteiger charge is -2.11. The third-order valence-electron chi connectivity index (χ3n) is 4.46. The van der Waals surface area contributed by atoms with Gasteiger partial charge in [-0.3, -0.25) is 0 Å². The summed E-state index contributed by atoms with van der Waals surface area (Å²) in [6.45, 7) is 0.967. The van der Waals surface area contributed by atoms with Gasteiger partial charge >= 0.3 is 0 Å². The van der Waals surface area contributed by atoms with Gasteiger partial charge in [-0.05, 0) is 17.7 Å². The molecule has 148 valence electrons. The Hall–Kier alpha value is -3.06. The third kappa shape index (κ3) is 4.51. The lowest BCUT2D eigenvalue weighted by Crippen LogP contribution is -2.07. The molecule has 0 aliphatic rings. The number of fused-ring (bicyclic) bond motifs is 1. The van der Waals surface area contributed by atoms with Crippen LogP contribution in [0.25, 0.3) is 33.7 Å². The number of aliphatic hydroxyl groups excluding tert-OH is 1. The van der Waals surface area contributed by atoms with Crippen LogP contribution in [0.15, 0.2) is 66.7 Å². The van der Waals surface area contributed by atoms with E-state index in [1.165, 1.54) is 0 Å². The normalized spacial score (nSPS) is 10.6. The molecule has 0 atom stereocenters. The molecule has 0 saturated carbocycles. The molecule has 7 heteroatoms. The maximum atomic E-state index is 9.01. The van der Waals surface area contributed by atoms with Crippen LogP contribution in [0.5, 0.6) is 0 Å². The van der Waals surface area contributed by atoms with Gasteiger partial charge in [-0.2, -0.15) is 0 Å². The number of nitrogens with two attached hydrogens (primary N) is 1. The van der Waals surface area contributed by atoms with Crippen molar-refractivity contribution in [3.8, 4) is 22.5 Å². The van der Waals surface area contributed by atoms with Crippen LogP contribution in [0.3, 0.4) is 0 Å². The summed E-state index contributed by atoms with van der Waals surface area (Å²) in [6, 6.07) is 21.8. The number of halogens is 1. The molecule has 0 spiro atoms. The fourth-order valence-electron chi connectivity index (χ4n) is 3.02. The Morgan fingerprint density at radius 2 is 1.48 bits per heavy atom. The van der Waals surface area contributed by atoms with Crippen LogP contribution in [0, 0.1) is 0 Å². The van der Waals surface area contributed by atoms with Crippen molar-refractivity contribution in [2.75, 3.05) is 18.5 Å². The monoisotopic (exact) mass is 407 g/mol. The summed E-state index contributed by atoms with van der Waals surface area (Å²) in [5.41, 5.74) is 11.6. The van der Waals surface area contributed by atoms with Crippen LogP contribution in [-0.4, -0.2) is 33.2 Å². The fourth-order valence-corrected chi connectivity index (χ4v) is 3.02. The van der Waals surface area contributed by atoms with E-state index in [0.717, 1.165) is 33.6 Å². The highest BCUT2D eigenvalue weighted by molar-refractivity contribution is 5.86. The minimum atomic E-state index is 0. The highest BCUT2D eigenvalue weighted by Crippen LogP contribution is 2.31. The molecule has 4 N–H and O–H groups in total. The van der Waals surface area contributed by atoms with Gasteiger partial charge in [0.1, 0.15) is 11.3 Å². The lowest BCUT2D eigenvalue weighted by atomic mass is 10.0. The first-order valence-corrected chi connectivity index (χ1v) is 9.17. The average Bonchev–Trinajstić information content (AvgIpc) is 2.77. The van der Waals surface area contributed by atoms with E-state index in [4.69, 9.17) is 20.8 Å². The zero-order chi connectivity index (χ0) is 19.3. The summed E-state index contributed by atoms with van der Waals surface area (Å²) < 4.78 is 0. The molecule has 0 aliphatic carbocycles. The van der Waals surface area contributed by atoms with Gasteiger partial charge in [-0.1, -0.05) is 54.6 Å². The second-order valence-electron chi connectivity index (χ2n) is 6.38. The van der Waals surface area contributed by atoms with Gasteiger partial charge in [-0.25, -0.2) is 15.0 Å². The lowest BCUT2D eigenvalue weighted by molar-refractivity contribution is 0.311. The van der Waals surface area contributed by atoms with Crippen molar-refractivity contribution in [1.82, 2.24) is 15.0 Å². The van der Waals surface area contributed by atoms with Gasteiger partial charge < -0.3 is 16.2 Å². The van der Waals surface area contributed by atoms with E-state index < -0.39 is 0 Å². The molecular formula is C22H22ClN5O. The molecule has 6 nitrogen and oxygen atoms in total. The molecule has 0 bridgehead atoms. The highest BCUT2D eigenvalue weighted by atomic mass is 35.5. The molecule has 0 aliphatic heterocycles. The second kappa shape index (κ2) is 9.43. The molecule has 0 unspecified atom stereocenters. The number of nitrogens with one attached hydrogen (secondary N) is 1. The van der Waals surface area contributed by atoms with Crippen LogP contribution >= 0.6 is 12.4 Å². The summed E-state index contributed by atoms with van der Waals surface area (Å²) in [4.78, 5) is 14.2. The van der Waals surface area contributed by atoms with Gasteiger partial charge in [0.15, 0.2) is 5.65 Å². The largest absolute Gasteiger partial charge is 0.395 e. The Kier molecular flexibility index (Phi) is 6.72. The molecule has 2 heterocycles. The topological polar surface area (TPSA) is 97.0 Å². The smallest absolute Gasteiger partial charge is 0.180 e. The Bertz CT molecular complexity index is 1090. The summed E-state index contributed by atoms with van der Waals surface area (Å²) in [7, 11) is 0. The Morgan fingerprint density at radius 1 is 0.793 bits per heavy atom. The van der Waals surface area contributed by atoms with E-state index >= 15 is 0 Å². The summed E-state index contributed by atoms with van der Waals surface area (Å²) in [6.07, 6.45) is 0. The number of rotatable bonds is 6. The molecule has 29 heavy (non-hydrogen) atoms. The average molecular weight is 408 g/mol. The standard InChI is InChI=1S/C22H21N5O.ClH/c23-14-15-6-8-17(9-7-15)21-20(16-4-2-1-3-5-16)25-18-10-11-19(24-12-13-28)26-22(18)27-21;/h1-11,28H,12-14,23H2,(H,24,26,27);1H. The molecule has 2 aromatic heterocycles. The second-order valence-corrected chi connectivity index (χ2v) is 6.38. The van der Waals surface area contributed by atoms with Gasteiger partial charge in [0, 0.05) is 24.2 Å². The number of anilines is 1. The van der Waals surface area contributed by atoms with Gasteiger partial charge in [0.25, 0.3) is 0 Å². The number of nitrogens with zero attached hydrogens (tertiary/aromatic N) is 3. The molecule has 0 fully saturated rings. The molecule has 0 saturated heterocycles. The Labute approximate surface area is 175 Å². The zero-order valence-corrected chi connectivity index (χ0v) is 16.6. The van der Waals surface area contributed by atoms with Gasteiger partial charge in [0.05, 0.1) is 18.0 Å². The van der Waals surface area contributed by atoms with Gasteiger partial charge in [-0.15, -0.1) is 12.4 Å². The predicted octanol–water partition coefficient (Wildman–Crippen LogP) is 3.64. The first-order chi connectivity index (χ1) is 13.8. The van der Waals surface area contributed by atoms with Crippen LogP contribution in [0.2, 0.25) is 0 Å². The van der Waals surface area contributed by atoms with Crippen LogP contribution in [0.1, 0.15) is 5.56 Å². The fraction of sp³-hybridized carbons (Fsp3) is 0.136. The zero-order valence-electron chi connectivity index (χ0n) is 15.7. The summed E-state index contributed by atoms with van der Waals surface area (Å²) in [5.74, 6) is 0.660. The first kappa shape index (κ1) is 20.7. The van der Waals surface area contributed by atoms with E-state index in [-0.39, 0.29) is 19.0 Å². The number of pyridine rings is 1. The van der Waals surface area contributed by atoms with E-state index in [1.54, 1.807) is 0 Å². The summed E-state index contributed by atoms with van der Waals surface area (Å²) in [5, 5.41) is 12.1. The number of aromatic nitrogens is 3. The van der Waals surface area contributed by atoms with Crippen LogP contribution < -0.4 is 11.1 Å². The van der Waals surface area contributed by atoms with Crippen molar-refractivity contribution >= 4 is 29.4 Å². The molecule has 4 aromatic rings. The van der Waals surface area contributed by atoms with Gasteiger partial charge in [0.2, 0.25) is 0 Å². The predicted molar refractivity (Wildman–Crippen MR) is 119 cm³/mol. The molecular weight excluding hydrogens is 386 g/mol. The van der Waals surface area contributed by atoms with Crippen LogP contribution in [-0.2, 0) is 6.54 Å². The minimum absolute atomic E-state index is 0. The number of aliphatic hydroxyl groups is 1. The van der Waals surface area contributed by atoms with E-state index in [1.807, 2.05) is 66.7 Å². The summed E-state index contributed by atoms with van der Waals surface area (Å²) >= 11 is 0. The Balaban J connectivity index is 0.00000240. The molecule has 4 rings (SSSR count). The number of hydrogen-bond acceptors (Lipinski definition) is 6. The van der Waals surface area contributed by atoms with Crippen molar-refractivity contribution in [3.05, 3.63) is 72.3 Å². The van der Waals surface area contributed by atoms with Crippen molar-refractivity contribution in [2.45, 2.75) is 6.54 Å². The molecule has 2 aromatic carbocycles. The molecule has 0 radical (unpaired) electrons. The van der Waals surface area contributed by atoms with E-state index in [9.17, 15) is 0 Å². The highest BCUT2D eigenvalue weighted by Gasteiger charge is 2.14. The van der Waals surface area contributed by atoms with Crippen molar-refractivity contribution in [1.29, 1.82) is 0 Å². The van der Waals surface area contributed by atoms with E-state index in [2.05, 4.69) is 10.3 Å². The maximum Gasteiger partial charge on any atom is 0.180 e. The Morgan fingerprint density at radius 3 is 2.17 bits per heavy atom. The molecule has 0 amide bonds. The third-order valence-corrected chi connectivity index (χ3v) is 4.46.